The minimum absolute atomic E-state index is 0.0428. The lowest BCUT2D eigenvalue weighted by Gasteiger charge is -2.17. The number of hydrogen-bond acceptors (Lipinski definition) is 8. The Bertz CT molecular complexity index is 835. The Morgan fingerprint density at radius 1 is 1.70 bits per heavy atom. The van der Waals surface area contributed by atoms with Crippen molar-refractivity contribution in [2.75, 3.05) is 12.3 Å². The molecule has 23 heavy (non-hydrogen) atoms. The summed E-state index contributed by atoms with van der Waals surface area (Å²) in [6, 6.07) is 0. The van der Waals surface area contributed by atoms with Crippen LogP contribution in [0.15, 0.2) is 11.1 Å². The molecule has 1 unspecified atom stereocenters. The first-order chi connectivity index (χ1) is 10.7. The number of ether oxygens (including phenoxy) is 1. The summed E-state index contributed by atoms with van der Waals surface area (Å²) in [6.07, 6.45) is -0.518. The van der Waals surface area contributed by atoms with Gasteiger partial charge in [0.05, 0.1) is 19.0 Å². The number of aromatic amines is 1. The molecule has 0 spiro atoms. The molecule has 3 heterocycles. The highest BCUT2D eigenvalue weighted by Gasteiger charge is 2.36. The van der Waals surface area contributed by atoms with Crippen molar-refractivity contribution >= 4 is 46.9 Å². The quantitative estimate of drug-likeness (QED) is 0.350. The van der Waals surface area contributed by atoms with Crippen molar-refractivity contribution in [1.82, 2.24) is 19.5 Å². The molecule has 5 N–H and O–H groups in total. The molecule has 2 aromatic heterocycles. The molecule has 126 valence electrons. The van der Waals surface area contributed by atoms with Gasteiger partial charge < -0.3 is 25.0 Å². The molecule has 0 radical (unpaired) electrons. The highest BCUT2D eigenvalue weighted by atomic mass is 32.9. The molecule has 0 aromatic carbocycles. The summed E-state index contributed by atoms with van der Waals surface area (Å²) in [7, 11) is 0. The Kier molecular flexibility index (Phi) is 4.49. The summed E-state index contributed by atoms with van der Waals surface area (Å²) in [6.45, 7) is -0.0995. The fraction of sp³-hybridized carbons (Fsp3) is 0.500. The van der Waals surface area contributed by atoms with Crippen LogP contribution in [0.3, 0.4) is 0 Å². The molecule has 1 aliphatic rings. The second-order valence-electron chi connectivity index (χ2n) is 4.99. The number of anilines is 1. The van der Waals surface area contributed by atoms with E-state index >= 15 is 0 Å². The summed E-state index contributed by atoms with van der Waals surface area (Å²) >= 11 is 8.41. The van der Waals surface area contributed by atoms with Crippen molar-refractivity contribution in [3.63, 3.8) is 0 Å². The molecule has 4 atom stereocenters. The van der Waals surface area contributed by atoms with Gasteiger partial charge in [0.15, 0.2) is 11.2 Å². The van der Waals surface area contributed by atoms with E-state index in [1.54, 1.807) is 0 Å². The molecular weight excluding hydrogens is 365 g/mol. The van der Waals surface area contributed by atoms with Gasteiger partial charge in [-0.25, -0.2) is 4.98 Å². The lowest BCUT2D eigenvalue weighted by Crippen LogP contribution is -2.25. The minimum atomic E-state index is -3.13. The molecule has 1 fully saturated rings. The van der Waals surface area contributed by atoms with Crippen LogP contribution in [-0.4, -0.2) is 48.3 Å². The van der Waals surface area contributed by atoms with Crippen LogP contribution < -0.4 is 11.3 Å². The zero-order valence-corrected chi connectivity index (χ0v) is 14.2. The van der Waals surface area contributed by atoms with E-state index in [1.807, 2.05) is 0 Å². The predicted octanol–water partition coefficient (Wildman–Crippen LogP) is -0.487. The maximum absolute atomic E-state index is 11.8. The third-order valence-corrected chi connectivity index (χ3v) is 4.52. The number of aromatic nitrogens is 4. The Morgan fingerprint density at radius 3 is 3.13 bits per heavy atom. The first kappa shape index (κ1) is 16.8. The number of aliphatic hydroxyl groups excluding tert-OH is 1. The standard InChI is InChI=1S/C10H14N5O5PS2/c11-10-13-8-7(9(17)14-10)12-3-15(8)6-1-4(16)5(20-6)2-19-21(18,22)23/h3-6,16H,1-2H2,(H2,18,22,23)(H3,11,13,14,17)/t4-,5+,6+/m0/s1. The van der Waals surface area contributed by atoms with Crippen molar-refractivity contribution in [3.8, 4) is 0 Å². The summed E-state index contributed by atoms with van der Waals surface area (Å²) in [5.74, 6) is -0.0428. The number of aliphatic hydroxyl groups is 1. The first-order valence-corrected chi connectivity index (χ1v) is 10.3. The maximum atomic E-state index is 11.8. The Balaban J connectivity index is 1.84. The SMILES string of the molecule is Nc1nc2c(ncn2[C@H]2C[C@H](O)[C@@H](COP(O)(=S)S)O2)c(=O)[nH]1. The third kappa shape index (κ3) is 3.58. The van der Waals surface area contributed by atoms with Crippen LogP contribution in [0.25, 0.3) is 11.2 Å². The van der Waals surface area contributed by atoms with E-state index in [9.17, 15) is 14.8 Å². The number of rotatable bonds is 4. The van der Waals surface area contributed by atoms with Gasteiger partial charge in [0.25, 0.3) is 5.56 Å². The smallest absolute Gasteiger partial charge is 0.280 e. The average Bonchev–Trinajstić information content (AvgIpc) is 2.99. The van der Waals surface area contributed by atoms with Crippen LogP contribution in [0, 0.1) is 0 Å². The number of H-pyrrole nitrogens is 1. The number of hydrogen-bond donors (Lipinski definition) is 5. The molecule has 1 saturated heterocycles. The van der Waals surface area contributed by atoms with E-state index in [2.05, 4.69) is 39.0 Å². The molecule has 0 aliphatic carbocycles. The van der Waals surface area contributed by atoms with Gasteiger partial charge in [-0.05, 0) is 11.8 Å². The predicted molar refractivity (Wildman–Crippen MR) is 88.5 cm³/mol. The molecule has 10 nitrogen and oxygen atoms in total. The molecule has 13 heteroatoms. The van der Waals surface area contributed by atoms with Crippen LogP contribution in [0.1, 0.15) is 12.6 Å². The van der Waals surface area contributed by atoms with Crippen molar-refractivity contribution in [1.29, 1.82) is 0 Å². The van der Waals surface area contributed by atoms with Crippen LogP contribution in [-0.2, 0) is 21.1 Å². The van der Waals surface area contributed by atoms with E-state index in [1.165, 1.54) is 10.9 Å². The number of nitrogen functional groups attached to an aromatic ring is 1. The van der Waals surface area contributed by atoms with Gasteiger partial charge in [-0.2, -0.15) is 4.98 Å². The van der Waals surface area contributed by atoms with Crippen molar-refractivity contribution in [2.45, 2.75) is 24.9 Å². The van der Waals surface area contributed by atoms with Gasteiger partial charge in [0.1, 0.15) is 12.3 Å². The fourth-order valence-corrected chi connectivity index (χ4v) is 3.08. The number of nitrogens with two attached hydrogens (primary N) is 1. The lowest BCUT2D eigenvalue weighted by atomic mass is 10.2. The molecule has 1 aliphatic heterocycles. The number of nitrogens with zero attached hydrogens (tertiary/aromatic N) is 3. The Hall–Kier alpha value is -1.01. The fourth-order valence-electron chi connectivity index (χ4n) is 2.36. The van der Waals surface area contributed by atoms with Gasteiger partial charge in [0, 0.05) is 6.42 Å². The molecule has 0 saturated carbocycles. The number of imidazole rings is 1. The molecule has 2 aromatic rings. The van der Waals surface area contributed by atoms with Crippen molar-refractivity contribution in [2.24, 2.45) is 0 Å². The van der Waals surface area contributed by atoms with Crippen LogP contribution in [0.4, 0.5) is 5.95 Å². The van der Waals surface area contributed by atoms with Crippen LogP contribution in [0.2, 0.25) is 0 Å². The molecule has 0 bridgehead atoms. The summed E-state index contributed by atoms with van der Waals surface area (Å²) in [5.41, 5.74) is 2.33. The van der Waals surface area contributed by atoms with Crippen LogP contribution >= 0.6 is 17.9 Å². The average molecular weight is 379 g/mol. The van der Waals surface area contributed by atoms with Crippen molar-refractivity contribution < 1.29 is 19.3 Å². The van der Waals surface area contributed by atoms with Gasteiger partial charge in [-0.1, -0.05) is 12.2 Å². The topological polar surface area (TPSA) is 149 Å². The zero-order chi connectivity index (χ0) is 16.8. The van der Waals surface area contributed by atoms with E-state index in [0.29, 0.717) is 0 Å². The van der Waals surface area contributed by atoms with E-state index in [4.69, 9.17) is 15.0 Å². The highest BCUT2D eigenvalue weighted by Crippen LogP contribution is 2.48. The highest BCUT2D eigenvalue weighted by molar-refractivity contribution is 8.59. The second-order valence-corrected chi connectivity index (χ2v) is 10.2. The number of fused-ring (bicyclic) bond motifs is 1. The second kappa shape index (κ2) is 6.13. The molecule has 3 rings (SSSR count). The summed E-state index contributed by atoms with van der Waals surface area (Å²) in [5, 5.41) is 10.1. The van der Waals surface area contributed by atoms with Gasteiger partial charge >= 0.3 is 0 Å². The zero-order valence-electron chi connectivity index (χ0n) is 11.6. The van der Waals surface area contributed by atoms with E-state index in [0.717, 1.165) is 0 Å². The normalized spacial score (nSPS) is 27.3. The summed E-state index contributed by atoms with van der Waals surface area (Å²) in [4.78, 5) is 31.5. The van der Waals surface area contributed by atoms with Crippen molar-refractivity contribution in [3.05, 3.63) is 16.7 Å². The lowest BCUT2D eigenvalue weighted by molar-refractivity contribution is -0.0373. The summed E-state index contributed by atoms with van der Waals surface area (Å²) < 4.78 is 12.2. The third-order valence-electron chi connectivity index (χ3n) is 3.37. The Morgan fingerprint density at radius 2 is 2.43 bits per heavy atom. The van der Waals surface area contributed by atoms with Crippen LogP contribution in [0.5, 0.6) is 0 Å². The Labute approximate surface area is 140 Å². The monoisotopic (exact) mass is 379 g/mol. The van der Waals surface area contributed by atoms with Gasteiger partial charge in [-0.15, -0.1) is 0 Å². The molecular formula is C10H14N5O5PS2. The maximum Gasteiger partial charge on any atom is 0.280 e. The minimum Gasteiger partial charge on any atom is -0.390 e. The number of thiol groups is 1. The largest absolute Gasteiger partial charge is 0.390 e. The van der Waals surface area contributed by atoms with Gasteiger partial charge in [0.2, 0.25) is 11.6 Å². The van der Waals surface area contributed by atoms with E-state index < -0.39 is 29.7 Å². The van der Waals surface area contributed by atoms with E-state index in [-0.39, 0.29) is 30.1 Å². The number of nitrogens with one attached hydrogen (secondary N) is 1. The molecule has 0 amide bonds. The van der Waals surface area contributed by atoms with Gasteiger partial charge in [-0.3, -0.25) is 14.3 Å². The first-order valence-electron chi connectivity index (χ1n) is 6.50.